The van der Waals surface area contributed by atoms with E-state index in [0.29, 0.717) is 11.3 Å². The molecular formula is C19H18FN3O3. The Hall–Kier alpha value is -3.09. The molecule has 0 fully saturated rings. The highest BCUT2D eigenvalue weighted by molar-refractivity contribution is 6.14. The van der Waals surface area contributed by atoms with Gasteiger partial charge in [-0.15, -0.1) is 0 Å². The van der Waals surface area contributed by atoms with Crippen LogP contribution >= 0.6 is 0 Å². The van der Waals surface area contributed by atoms with E-state index >= 15 is 0 Å². The van der Waals surface area contributed by atoms with Crippen molar-refractivity contribution in [1.29, 1.82) is 0 Å². The van der Waals surface area contributed by atoms with Gasteiger partial charge < -0.3 is 10.1 Å². The minimum absolute atomic E-state index is 0.138. The summed E-state index contributed by atoms with van der Waals surface area (Å²) >= 11 is 0. The minimum atomic E-state index is -1.25. The van der Waals surface area contributed by atoms with Crippen molar-refractivity contribution in [2.75, 3.05) is 6.61 Å². The molecule has 0 spiro atoms. The molecule has 1 amide bonds. The Bertz CT molecular complexity index is 852. The number of esters is 1. The van der Waals surface area contributed by atoms with Gasteiger partial charge in [0.2, 0.25) is 5.91 Å². The number of nitrogens with one attached hydrogen (secondary N) is 1. The Morgan fingerprint density at radius 2 is 2.00 bits per heavy atom. The van der Waals surface area contributed by atoms with Gasteiger partial charge in [-0.05, 0) is 43.7 Å². The summed E-state index contributed by atoms with van der Waals surface area (Å²) in [5, 5.41) is 2.63. The maximum absolute atomic E-state index is 13.4. The summed E-state index contributed by atoms with van der Waals surface area (Å²) in [6.45, 7) is 3.46. The zero-order chi connectivity index (χ0) is 18.7. The topological polar surface area (TPSA) is 80.7 Å². The van der Waals surface area contributed by atoms with Gasteiger partial charge in [-0.25, -0.2) is 4.39 Å². The Kier molecular flexibility index (Phi) is 4.79. The van der Waals surface area contributed by atoms with Crippen LogP contribution in [0.1, 0.15) is 25.1 Å². The molecule has 1 N–H and O–H groups in total. The number of hydrogen-bond acceptors (Lipinski definition) is 5. The minimum Gasteiger partial charge on any atom is -0.465 e. The zero-order valence-corrected chi connectivity index (χ0v) is 14.4. The first-order valence-corrected chi connectivity index (χ1v) is 8.20. The van der Waals surface area contributed by atoms with E-state index in [9.17, 15) is 14.0 Å². The number of rotatable bonds is 4. The fourth-order valence-electron chi connectivity index (χ4n) is 2.97. The second-order valence-corrected chi connectivity index (χ2v) is 6.00. The SMILES string of the molecule is CCOC(=O)C1C(=O)NC(c2ccccn2)=NC1(C)c1ccc(F)cc1. The molecule has 2 unspecified atom stereocenters. The highest BCUT2D eigenvalue weighted by atomic mass is 19.1. The number of nitrogens with zero attached hydrogens (tertiary/aromatic N) is 2. The van der Waals surface area contributed by atoms with Crippen molar-refractivity contribution in [3.63, 3.8) is 0 Å². The number of carbonyl (C=O) groups is 2. The van der Waals surface area contributed by atoms with E-state index < -0.39 is 29.2 Å². The molecule has 0 radical (unpaired) electrons. The molecule has 2 heterocycles. The van der Waals surface area contributed by atoms with Crippen molar-refractivity contribution in [2.24, 2.45) is 10.9 Å². The molecule has 3 rings (SSSR count). The zero-order valence-electron chi connectivity index (χ0n) is 14.4. The van der Waals surface area contributed by atoms with E-state index in [1.165, 1.54) is 24.3 Å². The number of aromatic nitrogens is 1. The molecule has 6 nitrogen and oxygen atoms in total. The van der Waals surface area contributed by atoms with Crippen molar-refractivity contribution in [1.82, 2.24) is 10.3 Å². The van der Waals surface area contributed by atoms with Gasteiger partial charge in [-0.1, -0.05) is 18.2 Å². The summed E-state index contributed by atoms with van der Waals surface area (Å²) < 4.78 is 18.4. The Morgan fingerprint density at radius 3 is 2.62 bits per heavy atom. The van der Waals surface area contributed by atoms with Gasteiger partial charge in [0.1, 0.15) is 17.1 Å². The van der Waals surface area contributed by atoms with E-state index in [0.717, 1.165) is 0 Å². The number of benzene rings is 1. The first-order valence-electron chi connectivity index (χ1n) is 8.20. The molecule has 0 saturated carbocycles. The third-order valence-corrected chi connectivity index (χ3v) is 4.27. The van der Waals surface area contributed by atoms with Crippen molar-refractivity contribution >= 4 is 17.7 Å². The molecule has 1 aromatic carbocycles. The normalized spacial score (nSPS) is 22.3. The van der Waals surface area contributed by atoms with Crippen LogP contribution in [0.4, 0.5) is 4.39 Å². The smallest absolute Gasteiger partial charge is 0.321 e. The molecule has 134 valence electrons. The van der Waals surface area contributed by atoms with Crippen molar-refractivity contribution in [2.45, 2.75) is 19.4 Å². The first kappa shape index (κ1) is 17.7. The van der Waals surface area contributed by atoms with Gasteiger partial charge in [-0.2, -0.15) is 0 Å². The van der Waals surface area contributed by atoms with Crippen LogP contribution in [-0.4, -0.2) is 29.3 Å². The van der Waals surface area contributed by atoms with Crippen molar-refractivity contribution in [3.05, 3.63) is 65.7 Å². The molecule has 7 heteroatoms. The molecule has 2 aromatic rings. The number of ether oxygens (including phenoxy) is 1. The molecule has 0 aliphatic carbocycles. The number of amidine groups is 1. The highest BCUT2D eigenvalue weighted by Gasteiger charge is 2.50. The number of amides is 1. The van der Waals surface area contributed by atoms with Gasteiger partial charge in [0.15, 0.2) is 11.8 Å². The predicted molar refractivity (Wildman–Crippen MR) is 92.8 cm³/mol. The average Bonchev–Trinajstić information content (AvgIpc) is 2.62. The Morgan fingerprint density at radius 1 is 1.27 bits per heavy atom. The molecule has 2 atom stereocenters. The lowest BCUT2D eigenvalue weighted by molar-refractivity contribution is -0.155. The number of pyridine rings is 1. The quantitative estimate of drug-likeness (QED) is 0.673. The number of hydrogen-bond donors (Lipinski definition) is 1. The lowest BCUT2D eigenvalue weighted by Crippen LogP contribution is -2.54. The molecule has 1 aliphatic heterocycles. The fraction of sp³-hybridized carbons (Fsp3) is 0.263. The predicted octanol–water partition coefficient (Wildman–Crippen LogP) is 2.19. The molecule has 0 saturated heterocycles. The van der Waals surface area contributed by atoms with Crippen molar-refractivity contribution in [3.8, 4) is 0 Å². The number of halogens is 1. The van der Waals surface area contributed by atoms with Crippen LogP contribution in [0.5, 0.6) is 0 Å². The highest BCUT2D eigenvalue weighted by Crippen LogP contribution is 2.37. The van der Waals surface area contributed by atoms with Crippen LogP contribution in [0.3, 0.4) is 0 Å². The third-order valence-electron chi connectivity index (χ3n) is 4.27. The third kappa shape index (κ3) is 3.20. The standard InChI is InChI=1S/C19H18FN3O3/c1-3-26-18(25)15-17(24)22-16(14-6-4-5-11-21-14)23-19(15,2)12-7-9-13(20)10-8-12/h4-11,15H,3H2,1-2H3,(H,22,23,24). The monoisotopic (exact) mass is 355 g/mol. The summed E-state index contributed by atoms with van der Waals surface area (Å²) in [4.78, 5) is 34.0. The summed E-state index contributed by atoms with van der Waals surface area (Å²) in [7, 11) is 0. The van der Waals surface area contributed by atoms with E-state index in [1.807, 2.05) is 0 Å². The van der Waals surface area contributed by atoms with Crippen LogP contribution in [-0.2, 0) is 19.9 Å². The maximum atomic E-state index is 13.4. The summed E-state index contributed by atoms with van der Waals surface area (Å²) in [6, 6.07) is 10.8. The van der Waals surface area contributed by atoms with Crippen LogP contribution < -0.4 is 5.32 Å². The van der Waals surface area contributed by atoms with E-state index in [2.05, 4.69) is 15.3 Å². The molecule has 26 heavy (non-hydrogen) atoms. The van der Waals surface area contributed by atoms with Gasteiger partial charge in [0.25, 0.3) is 0 Å². The van der Waals surface area contributed by atoms with E-state index in [-0.39, 0.29) is 12.4 Å². The van der Waals surface area contributed by atoms with Gasteiger partial charge in [-0.3, -0.25) is 19.6 Å². The lowest BCUT2D eigenvalue weighted by Gasteiger charge is -2.36. The molecule has 1 aliphatic rings. The summed E-state index contributed by atoms with van der Waals surface area (Å²) in [6.07, 6.45) is 1.58. The largest absolute Gasteiger partial charge is 0.465 e. The Balaban J connectivity index is 2.15. The van der Waals surface area contributed by atoms with Crippen LogP contribution in [0.15, 0.2) is 53.7 Å². The number of carbonyl (C=O) groups excluding carboxylic acids is 2. The lowest BCUT2D eigenvalue weighted by atomic mass is 9.78. The van der Waals surface area contributed by atoms with Crippen LogP contribution in [0.25, 0.3) is 0 Å². The van der Waals surface area contributed by atoms with Gasteiger partial charge >= 0.3 is 5.97 Å². The second kappa shape index (κ2) is 7.03. The molecular weight excluding hydrogens is 337 g/mol. The summed E-state index contributed by atoms with van der Waals surface area (Å²) in [5.41, 5.74) is -0.258. The first-order chi connectivity index (χ1) is 12.5. The van der Waals surface area contributed by atoms with Crippen LogP contribution in [0, 0.1) is 11.7 Å². The van der Waals surface area contributed by atoms with E-state index in [4.69, 9.17) is 4.74 Å². The van der Waals surface area contributed by atoms with Crippen LogP contribution in [0.2, 0.25) is 0 Å². The summed E-state index contributed by atoms with van der Waals surface area (Å²) in [5.74, 6) is -2.57. The maximum Gasteiger partial charge on any atom is 0.321 e. The van der Waals surface area contributed by atoms with Gasteiger partial charge in [0.05, 0.1) is 6.61 Å². The Labute approximate surface area is 150 Å². The van der Waals surface area contributed by atoms with Crippen molar-refractivity contribution < 1.29 is 18.7 Å². The second-order valence-electron chi connectivity index (χ2n) is 6.00. The van der Waals surface area contributed by atoms with Gasteiger partial charge in [0, 0.05) is 6.20 Å². The average molecular weight is 355 g/mol. The number of aliphatic imine (C=N–C) groups is 1. The fourth-order valence-corrected chi connectivity index (χ4v) is 2.97. The molecule has 1 aromatic heterocycles. The van der Waals surface area contributed by atoms with E-state index in [1.54, 1.807) is 38.2 Å². The molecule has 0 bridgehead atoms.